The molecule has 1 amide bonds. The van der Waals surface area contributed by atoms with Gasteiger partial charge in [-0.25, -0.2) is 4.79 Å². The van der Waals surface area contributed by atoms with E-state index in [9.17, 15) is 9.59 Å². The molecule has 0 aromatic rings. The van der Waals surface area contributed by atoms with E-state index < -0.39 is 5.97 Å². The van der Waals surface area contributed by atoms with Crippen LogP contribution in [-0.2, 0) is 14.3 Å². The summed E-state index contributed by atoms with van der Waals surface area (Å²) in [5, 5.41) is 1.37. The molecule has 0 saturated carbocycles. The second-order valence-corrected chi connectivity index (χ2v) is 3.79. The zero-order valence-corrected chi connectivity index (χ0v) is 10.6. The minimum Gasteiger partial charge on any atom is -0.466 e. The van der Waals surface area contributed by atoms with E-state index >= 15 is 0 Å². The summed E-state index contributed by atoms with van der Waals surface area (Å²) in [6.07, 6.45) is 1.99. The molecule has 0 aromatic carbocycles. The second kappa shape index (κ2) is 6.24. The average molecular weight is 254 g/mol. The highest BCUT2D eigenvalue weighted by Gasteiger charge is 2.25. The first kappa shape index (κ1) is 13.5. The molecule has 0 saturated heterocycles. The van der Waals surface area contributed by atoms with Gasteiger partial charge in [0.05, 0.1) is 24.9 Å². The van der Waals surface area contributed by atoms with Gasteiger partial charge in [-0.3, -0.25) is 9.79 Å². The molecule has 0 aliphatic carbocycles. The molecule has 0 spiro atoms. The van der Waals surface area contributed by atoms with Crippen LogP contribution < -0.4 is 0 Å². The number of aliphatic imine (C=N–C) groups is 1. The quantitative estimate of drug-likeness (QED) is 0.423. The number of carbonyl (C=O) groups is 2. The zero-order valence-electron chi connectivity index (χ0n) is 9.80. The van der Waals surface area contributed by atoms with Crippen LogP contribution >= 0.6 is 12.2 Å². The number of ether oxygens (including phenoxy) is 1. The first-order valence-electron chi connectivity index (χ1n) is 5.13. The normalized spacial score (nSPS) is 16.2. The standard InChI is InChI=1S/C11H14N2O3S/c1-8(14)13-5-3-10(12-4-6-17)9(7-13)11(15)16-2/h4,6H,3,5,7H2,1-2H3. The third-order valence-electron chi connectivity index (χ3n) is 2.48. The van der Waals surface area contributed by atoms with Gasteiger partial charge in [0.15, 0.2) is 0 Å². The van der Waals surface area contributed by atoms with Crippen molar-refractivity contribution in [3.63, 3.8) is 0 Å². The molecular weight excluding hydrogens is 240 g/mol. The lowest BCUT2D eigenvalue weighted by Gasteiger charge is -2.27. The lowest BCUT2D eigenvalue weighted by Crippen LogP contribution is -2.37. The Morgan fingerprint density at radius 1 is 1.53 bits per heavy atom. The van der Waals surface area contributed by atoms with E-state index in [1.54, 1.807) is 4.90 Å². The van der Waals surface area contributed by atoms with Gasteiger partial charge >= 0.3 is 5.97 Å². The Hall–Kier alpha value is -1.56. The van der Waals surface area contributed by atoms with Gasteiger partial charge in [-0.05, 0) is 0 Å². The van der Waals surface area contributed by atoms with Crippen LogP contribution in [0, 0.1) is 0 Å². The van der Waals surface area contributed by atoms with Crippen LogP contribution in [0.4, 0.5) is 0 Å². The van der Waals surface area contributed by atoms with Gasteiger partial charge in [-0.15, -0.1) is 0 Å². The summed E-state index contributed by atoms with van der Waals surface area (Å²) < 4.78 is 4.68. The zero-order chi connectivity index (χ0) is 12.8. The Morgan fingerprint density at radius 3 is 2.76 bits per heavy atom. The Morgan fingerprint density at radius 2 is 2.24 bits per heavy atom. The second-order valence-electron chi connectivity index (χ2n) is 3.52. The van der Waals surface area contributed by atoms with Crippen LogP contribution in [0.3, 0.4) is 0 Å². The lowest BCUT2D eigenvalue weighted by molar-refractivity contribution is -0.137. The summed E-state index contributed by atoms with van der Waals surface area (Å²) in [6.45, 7) is 2.27. The summed E-state index contributed by atoms with van der Waals surface area (Å²) in [6, 6.07) is 0. The number of thiocarbonyl (C=S) groups is 1. The lowest BCUT2D eigenvalue weighted by atomic mass is 10.1. The van der Waals surface area contributed by atoms with Crippen molar-refractivity contribution in [2.24, 2.45) is 4.99 Å². The first-order valence-corrected chi connectivity index (χ1v) is 5.61. The van der Waals surface area contributed by atoms with Gasteiger partial charge in [-0.2, -0.15) is 0 Å². The maximum atomic E-state index is 11.6. The number of hydrogen-bond acceptors (Lipinski definition) is 5. The molecule has 0 radical (unpaired) electrons. The third-order valence-corrected chi connectivity index (χ3v) is 2.61. The van der Waals surface area contributed by atoms with Crippen LogP contribution in [0.25, 0.3) is 0 Å². The van der Waals surface area contributed by atoms with Crippen LogP contribution in [0.5, 0.6) is 0 Å². The van der Waals surface area contributed by atoms with Crippen molar-refractivity contribution in [2.45, 2.75) is 13.3 Å². The smallest absolute Gasteiger partial charge is 0.337 e. The van der Waals surface area contributed by atoms with E-state index in [2.05, 4.69) is 21.9 Å². The van der Waals surface area contributed by atoms with Crippen molar-refractivity contribution < 1.29 is 14.3 Å². The minimum absolute atomic E-state index is 0.0655. The van der Waals surface area contributed by atoms with Crippen molar-refractivity contribution in [1.29, 1.82) is 0 Å². The highest BCUT2D eigenvalue weighted by atomic mass is 32.1. The Kier molecular flexibility index (Phi) is 4.96. The topological polar surface area (TPSA) is 59.0 Å². The number of rotatable bonds is 3. The Balaban J connectivity index is 3.00. The van der Waals surface area contributed by atoms with Crippen LogP contribution in [0.15, 0.2) is 16.3 Å². The molecule has 1 rings (SSSR count). The van der Waals surface area contributed by atoms with Gasteiger partial charge in [0, 0.05) is 31.5 Å². The summed E-state index contributed by atoms with van der Waals surface area (Å²) in [5.74, 6) is -0.517. The van der Waals surface area contributed by atoms with E-state index in [0.29, 0.717) is 24.2 Å². The molecule has 0 bridgehead atoms. The fourth-order valence-corrected chi connectivity index (χ4v) is 1.65. The summed E-state index contributed by atoms with van der Waals surface area (Å²) >= 11 is 4.64. The van der Waals surface area contributed by atoms with Crippen molar-refractivity contribution >= 4 is 35.7 Å². The van der Waals surface area contributed by atoms with Gasteiger partial charge in [0.1, 0.15) is 0 Å². The molecular formula is C11H14N2O3S. The minimum atomic E-state index is -0.451. The molecule has 5 nitrogen and oxygen atoms in total. The van der Waals surface area contributed by atoms with E-state index in [-0.39, 0.29) is 12.5 Å². The molecule has 1 heterocycles. The van der Waals surface area contributed by atoms with Gasteiger partial charge in [0.25, 0.3) is 0 Å². The third kappa shape index (κ3) is 3.45. The monoisotopic (exact) mass is 254 g/mol. The maximum Gasteiger partial charge on any atom is 0.337 e. The SMILES string of the molecule is COC(=O)C1=C(N=CC=S)CCN(C(C)=O)C1. The fraction of sp³-hybridized carbons (Fsp3) is 0.455. The van der Waals surface area contributed by atoms with Crippen molar-refractivity contribution in [1.82, 2.24) is 4.90 Å². The number of amides is 1. The molecule has 0 aromatic heterocycles. The number of carbonyl (C=O) groups excluding carboxylic acids is 2. The molecule has 0 atom stereocenters. The molecule has 0 unspecified atom stereocenters. The van der Waals surface area contributed by atoms with Gasteiger partial charge in [0.2, 0.25) is 5.91 Å². The molecule has 0 fully saturated rings. The Bertz CT molecular complexity index is 402. The van der Waals surface area contributed by atoms with E-state index in [1.165, 1.54) is 25.6 Å². The summed E-state index contributed by atoms with van der Waals surface area (Å²) in [4.78, 5) is 28.5. The van der Waals surface area contributed by atoms with Gasteiger partial charge < -0.3 is 9.64 Å². The molecule has 6 heteroatoms. The highest BCUT2D eigenvalue weighted by Crippen LogP contribution is 2.20. The summed E-state index contributed by atoms with van der Waals surface area (Å²) in [7, 11) is 1.31. The van der Waals surface area contributed by atoms with Crippen LogP contribution in [0.1, 0.15) is 13.3 Å². The molecule has 17 heavy (non-hydrogen) atoms. The fourth-order valence-electron chi connectivity index (χ4n) is 1.59. The van der Waals surface area contributed by atoms with Crippen molar-refractivity contribution in [3.05, 3.63) is 11.3 Å². The van der Waals surface area contributed by atoms with Crippen molar-refractivity contribution in [2.75, 3.05) is 20.2 Å². The molecule has 0 N–H and O–H groups in total. The number of hydrogen-bond donors (Lipinski definition) is 0. The first-order chi connectivity index (χ1) is 8.10. The molecule has 92 valence electrons. The van der Waals surface area contributed by atoms with E-state index in [1.807, 2.05) is 0 Å². The van der Waals surface area contributed by atoms with E-state index in [0.717, 1.165) is 0 Å². The number of esters is 1. The van der Waals surface area contributed by atoms with E-state index in [4.69, 9.17) is 0 Å². The highest BCUT2D eigenvalue weighted by molar-refractivity contribution is 7.80. The molecule has 1 aliphatic heterocycles. The number of nitrogens with zero attached hydrogens (tertiary/aromatic N) is 2. The Labute approximate surface area is 105 Å². The average Bonchev–Trinajstić information content (AvgIpc) is 2.35. The predicted molar refractivity (Wildman–Crippen MR) is 68.1 cm³/mol. The maximum absolute atomic E-state index is 11.6. The predicted octanol–water partition coefficient (Wildman–Crippen LogP) is 0.736. The summed E-state index contributed by atoms with van der Waals surface area (Å²) in [5.41, 5.74) is 1.05. The molecule has 1 aliphatic rings. The van der Waals surface area contributed by atoms with Crippen LogP contribution in [0.2, 0.25) is 0 Å². The van der Waals surface area contributed by atoms with Crippen LogP contribution in [-0.4, -0.2) is 48.6 Å². The van der Waals surface area contributed by atoms with Crippen molar-refractivity contribution in [3.8, 4) is 0 Å². The largest absolute Gasteiger partial charge is 0.466 e. The van der Waals surface area contributed by atoms with Gasteiger partial charge in [-0.1, -0.05) is 12.2 Å². The number of methoxy groups -OCH3 is 1.